The Morgan fingerprint density at radius 1 is 1.15 bits per heavy atom. The standard InChI is InChI=1S/C25H32N4O3S/c1-3-8-29-22(31)19-6-4-5-7-20(19)26-24(29)33-15(2)21(30)27-23(32)28-25-12-16-9-17(13-25)11-18(10-16)14-25/h4-7,15-18H,3,8-14H2,1-2H3,(H2,27,28,30,32). The number of amides is 3. The maximum absolute atomic E-state index is 13.0. The largest absolute Gasteiger partial charge is 0.332 e. The molecule has 7 nitrogen and oxygen atoms in total. The van der Waals surface area contributed by atoms with Gasteiger partial charge in [0.1, 0.15) is 0 Å². The molecular formula is C25H32N4O3S. The highest BCUT2D eigenvalue weighted by molar-refractivity contribution is 8.00. The molecular weight excluding hydrogens is 436 g/mol. The smallest absolute Gasteiger partial charge is 0.321 e. The summed E-state index contributed by atoms with van der Waals surface area (Å²) in [5, 5.41) is 6.25. The van der Waals surface area contributed by atoms with Crippen molar-refractivity contribution in [2.45, 2.75) is 81.3 Å². The van der Waals surface area contributed by atoms with Crippen LogP contribution in [0.3, 0.4) is 0 Å². The predicted molar refractivity (Wildman–Crippen MR) is 129 cm³/mol. The Balaban J connectivity index is 1.26. The molecule has 3 amide bonds. The number of carbonyl (C=O) groups excluding carboxylic acids is 2. The zero-order valence-corrected chi connectivity index (χ0v) is 20.1. The first kappa shape index (κ1) is 22.4. The SMILES string of the molecule is CCCn1c(SC(C)C(=O)NC(=O)NC23CC4CC(CC(C4)C2)C3)nc2ccccc2c1=O. The molecule has 33 heavy (non-hydrogen) atoms. The van der Waals surface area contributed by atoms with Crippen molar-refractivity contribution in [3.05, 3.63) is 34.6 Å². The molecule has 4 saturated carbocycles. The Labute approximate surface area is 198 Å². The third kappa shape index (κ3) is 4.42. The highest BCUT2D eigenvalue weighted by atomic mass is 32.2. The number of hydrogen-bond donors (Lipinski definition) is 2. The molecule has 6 rings (SSSR count). The summed E-state index contributed by atoms with van der Waals surface area (Å²) < 4.78 is 1.63. The molecule has 0 aliphatic heterocycles. The normalized spacial score (nSPS) is 28.6. The van der Waals surface area contributed by atoms with E-state index in [1.165, 1.54) is 31.0 Å². The van der Waals surface area contributed by atoms with Gasteiger partial charge in [0.2, 0.25) is 5.91 Å². The molecule has 2 N–H and O–H groups in total. The number of hydrogen-bond acceptors (Lipinski definition) is 5. The van der Waals surface area contributed by atoms with E-state index in [-0.39, 0.29) is 17.0 Å². The maximum atomic E-state index is 13.0. The van der Waals surface area contributed by atoms with Crippen LogP contribution in [0.25, 0.3) is 10.9 Å². The van der Waals surface area contributed by atoms with E-state index in [2.05, 4.69) is 15.6 Å². The molecule has 176 valence electrons. The average Bonchev–Trinajstić information content (AvgIpc) is 2.75. The van der Waals surface area contributed by atoms with E-state index in [0.717, 1.165) is 43.4 Å². The van der Waals surface area contributed by atoms with Crippen LogP contribution in [-0.2, 0) is 11.3 Å². The highest BCUT2D eigenvalue weighted by Crippen LogP contribution is 2.55. The van der Waals surface area contributed by atoms with Crippen molar-refractivity contribution in [1.29, 1.82) is 0 Å². The summed E-state index contributed by atoms with van der Waals surface area (Å²) in [5.74, 6) is 1.79. The second kappa shape index (κ2) is 8.78. The number of aromatic nitrogens is 2. The molecule has 0 saturated heterocycles. The summed E-state index contributed by atoms with van der Waals surface area (Å²) in [7, 11) is 0. The number of fused-ring (bicyclic) bond motifs is 1. The van der Waals surface area contributed by atoms with Crippen molar-refractivity contribution in [3.8, 4) is 0 Å². The van der Waals surface area contributed by atoms with Gasteiger partial charge in [-0.15, -0.1) is 0 Å². The molecule has 0 spiro atoms. The minimum atomic E-state index is -0.566. The molecule has 1 atom stereocenters. The number of thioether (sulfide) groups is 1. The predicted octanol–water partition coefficient (Wildman–Crippen LogP) is 4.08. The van der Waals surface area contributed by atoms with Crippen molar-refractivity contribution < 1.29 is 9.59 Å². The van der Waals surface area contributed by atoms with Crippen LogP contribution in [0.5, 0.6) is 0 Å². The zero-order chi connectivity index (χ0) is 23.2. The first-order valence-electron chi connectivity index (χ1n) is 12.1. The van der Waals surface area contributed by atoms with Crippen molar-refractivity contribution in [3.63, 3.8) is 0 Å². The van der Waals surface area contributed by atoms with Crippen LogP contribution in [0.2, 0.25) is 0 Å². The minimum Gasteiger partial charge on any atom is -0.332 e. The van der Waals surface area contributed by atoms with Gasteiger partial charge < -0.3 is 5.32 Å². The van der Waals surface area contributed by atoms with E-state index < -0.39 is 11.3 Å². The van der Waals surface area contributed by atoms with Gasteiger partial charge in [-0.1, -0.05) is 30.8 Å². The Morgan fingerprint density at radius 3 is 2.42 bits per heavy atom. The van der Waals surface area contributed by atoms with Crippen molar-refractivity contribution in [1.82, 2.24) is 20.2 Å². The van der Waals surface area contributed by atoms with Gasteiger partial charge in [-0.05, 0) is 81.8 Å². The van der Waals surface area contributed by atoms with Gasteiger partial charge in [-0.25, -0.2) is 9.78 Å². The third-order valence-electron chi connectivity index (χ3n) is 7.58. The maximum Gasteiger partial charge on any atom is 0.321 e. The molecule has 1 aromatic heterocycles. The molecule has 0 radical (unpaired) electrons. The van der Waals surface area contributed by atoms with Crippen LogP contribution in [0, 0.1) is 17.8 Å². The van der Waals surface area contributed by atoms with Crippen LogP contribution >= 0.6 is 11.8 Å². The van der Waals surface area contributed by atoms with E-state index in [1.807, 2.05) is 19.1 Å². The molecule has 4 bridgehead atoms. The Hall–Kier alpha value is -2.35. The van der Waals surface area contributed by atoms with Gasteiger partial charge in [-0.2, -0.15) is 0 Å². The summed E-state index contributed by atoms with van der Waals surface area (Å²) in [6.07, 6.45) is 7.79. The van der Waals surface area contributed by atoms with E-state index >= 15 is 0 Å². The Kier molecular flexibility index (Phi) is 5.97. The Bertz CT molecular complexity index is 1110. The number of imide groups is 1. The van der Waals surface area contributed by atoms with Crippen molar-refractivity contribution in [2.75, 3.05) is 0 Å². The fourth-order valence-electron chi connectivity index (χ4n) is 6.62. The number of para-hydroxylation sites is 1. The second-order valence-corrected chi connectivity index (χ2v) is 11.6. The summed E-state index contributed by atoms with van der Waals surface area (Å²) in [6, 6.07) is 6.86. The monoisotopic (exact) mass is 468 g/mol. The van der Waals surface area contributed by atoms with Crippen molar-refractivity contribution in [2.24, 2.45) is 17.8 Å². The van der Waals surface area contributed by atoms with Crippen LogP contribution in [-0.4, -0.2) is 32.3 Å². The molecule has 4 aliphatic rings. The average molecular weight is 469 g/mol. The van der Waals surface area contributed by atoms with Gasteiger partial charge >= 0.3 is 6.03 Å². The van der Waals surface area contributed by atoms with Gasteiger partial charge in [-0.3, -0.25) is 19.5 Å². The van der Waals surface area contributed by atoms with Crippen LogP contribution in [0.4, 0.5) is 4.79 Å². The van der Waals surface area contributed by atoms with Crippen LogP contribution < -0.4 is 16.2 Å². The van der Waals surface area contributed by atoms with Gasteiger partial charge in [0.15, 0.2) is 5.16 Å². The minimum absolute atomic E-state index is 0.0999. The van der Waals surface area contributed by atoms with E-state index in [4.69, 9.17) is 0 Å². The molecule has 8 heteroatoms. The highest BCUT2D eigenvalue weighted by Gasteiger charge is 2.51. The molecule has 1 heterocycles. The third-order valence-corrected chi connectivity index (χ3v) is 8.67. The van der Waals surface area contributed by atoms with Gasteiger partial charge in [0.05, 0.1) is 16.2 Å². The lowest BCUT2D eigenvalue weighted by Crippen LogP contribution is -2.62. The number of rotatable bonds is 6. The van der Waals surface area contributed by atoms with Crippen LogP contribution in [0.15, 0.2) is 34.2 Å². The summed E-state index contributed by atoms with van der Waals surface area (Å²) in [4.78, 5) is 43.2. The number of benzene rings is 1. The molecule has 1 aromatic carbocycles. The summed E-state index contributed by atoms with van der Waals surface area (Å²) in [5.41, 5.74) is 0.374. The summed E-state index contributed by atoms with van der Waals surface area (Å²) >= 11 is 1.22. The zero-order valence-electron chi connectivity index (χ0n) is 19.3. The fourth-order valence-corrected chi connectivity index (χ4v) is 7.55. The molecule has 2 aromatic rings. The topological polar surface area (TPSA) is 93.1 Å². The van der Waals surface area contributed by atoms with Gasteiger partial charge in [0, 0.05) is 12.1 Å². The second-order valence-electron chi connectivity index (χ2n) is 10.3. The van der Waals surface area contributed by atoms with E-state index in [9.17, 15) is 14.4 Å². The van der Waals surface area contributed by atoms with Gasteiger partial charge in [0.25, 0.3) is 5.56 Å². The first-order valence-corrected chi connectivity index (χ1v) is 13.0. The lowest BCUT2D eigenvalue weighted by molar-refractivity contribution is -0.119. The van der Waals surface area contributed by atoms with Crippen LogP contribution in [0.1, 0.15) is 58.8 Å². The number of nitrogens with zero attached hydrogens (tertiary/aromatic N) is 2. The number of urea groups is 1. The molecule has 4 fully saturated rings. The quantitative estimate of drug-likeness (QED) is 0.492. The first-order chi connectivity index (χ1) is 15.9. The molecule has 4 aliphatic carbocycles. The Morgan fingerprint density at radius 2 is 1.79 bits per heavy atom. The summed E-state index contributed by atoms with van der Waals surface area (Å²) in [6.45, 7) is 4.27. The van der Waals surface area contributed by atoms with Crippen molar-refractivity contribution >= 4 is 34.6 Å². The lowest BCUT2D eigenvalue weighted by atomic mass is 9.53. The van der Waals surface area contributed by atoms with E-state index in [0.29, 0.717) is 22.6 Å². The fraction of sp³-hybridized carbons (Fsp3) is 0.600. The van der Waals surface area contributed by atoms with E-state index in [1.54, 1.807) is 23.6 Å². The number of carbonyl (C=O) groups is 2. The molecule has 1 unspecified atom stereocenters. The number of nitrogens with one attached hydrogen (secondary N) is 2. The lowest BCUT2D eigenvalue weighted by Gasteiger charge is -2.56.